The topological polar surface area (TPSA) is 32.8 Å². The first-order valence-corrected chi connectivity index (χ1v) is 6.78. The number of carbonyl (C=O) groups excluding carboxylic acids is 1. The molecule has 0 spiro atoms. The molecule has 1 aromatic carbocycles. The zero-order valence-corrected chi connectivity index (χ0v) is 11.8. The fourth-order valence-corrected chi connectivity index (χ4v) is 2.44. The largest absolute Gasteiger partial charge is 0.497 e. The van der Waals surface area contributed by atoms with Gasteiger partial charge in [-0.15, -0.1) is 0 Å². The lowest BCUT2D eigenvalue weighted by Gasteiger charge is -2.21. The number of hydrogen-bond acceptors (Lipinski definition) is 3. The Hall–Kier alpha value is -1.55. The predicted octanol–water partition coefficient (Wildman–Crippen LogP) is 1.75. The number of benzene rings is 1. The van der Waals surface area contributed by atoms with E-state index in [0.717, 1.165) is 43.8 Å². The lowest BCUT2D eigenvalue weighted by molar-refractivity contribution is -0.131. The summed E-state index contributed by atoms with van der Waals surface area (Å²) in [5, 5.41) is 0. The Morgan fingerprint density at radius 3 is 2.79 bits per heavy atom. The van der Waals surface area contributed by atoms with Gasteiger partial charge in [-0.25, -0.2) is 0 Å². The van der Waals surface area contributed by atoms with E-state index < -0.39 is 0 Å². The summed E-state index contributed by atoms with van der Waals surface area (Å²) >= 11 is 0. The summed E-state index contributed by atoms with van der Waals surface area (Å²) in [5.74, 6) is 1.10. The second kappa shape index (κ2) is 6.57. The lowest BCUT2D eigenvalue weighted by Crippen LogP contribution is -2.36. The molecule has 0 aliphatic carbocycles. The van der Waals surface area contributed by atoms with Crippen LogP contribution in [0.5, 0.6) is 5.75 Å². The quantitative estimate of drug-likeness (QED) is 0.810. The second-order valence-electron chi connectivity index (χ2n) is 5.11. The third-order valence-electron chi connectivity index (χ3n) is 3.45. The van der Waals surface area contributed by atoms with Crippen molar-refractivity contribution in [3.63, 3.8) is 0 Å². The number of likely N-dealkylation sites (tertiary alicyclic amines) is 1. The molecule has 1 aliphatic rings. The van der Waals surface area contributed by atoms with E-state index in [2.05, 4.69) is 11.0 Å². The van der Waals surface area contributed by atoms with Crippen molar-refractivity contribution in [2.75, 3.05) is 33.8 Å². The Morgan fingerprint density at radius 2 is 2.11 bits per heavy atom. The normalized spacial score (nSPS) is 15.0. The van der Waals surface area contributed by atoms with Crippen molar-refractivity contribution in [2.45, 2.75) is 19.4 Å². The van der Waals surface area contributed by atoms with Crippen LogP contribution < -0.4 is 4.74 Å². The monoisotopic (exact) mass is 262 g/mol. The smallest absolute Gasteiger partial charge is 0.236 e. The van der Waals surface area contributed by atoms with Crippen LogP contribution in [0.3, 0.4) is 0 Å². The molecule has 1 heterocycles. The van der Waals surface area contributed by atoms with Crippen LogP contribution in [0, 0.1) is 0 Å². The molecule has 1 saturated heterocycles. The van der Waals surface area contributed by atoms with Crippen molar-refractivity contribution in [3.05, 3.63) is 29.8 Å². The van der Waals surface area contributed by atoms with Gasteiger partial charge in [-0.3, -0.25) is 9.69 Å². The summed E-state index contributed by atoms with van der Waals surface area (Å²) in [6.45, 7) is 3.09. The molecule has 1 amide bonds. The first-order valence-electron chi connectivity index (χ1n) is 6.78. The van der Waals surface area contributed by atoms with Crippen molar-refractivity contribution in [3.8, 4) is 5.75 Å². The van der Waals surface area contributed by atoms with E-state index >= 15 is 0 Å². The summed E-state index contributed by atoms with van der Waals surface area (Å²) in [6, 6.07) is 7.97. The maximum atomic E-state index is 12.0. The molecular weight excluding hydrogens is 240 g/mol. The molecule has 1 aromatic rings. The van der Waals surface area contributed by atoms with E-state index in [9.17, 15) is 4.79 Å². The summed E-state index contributed by atoms with van der Waals surface area (Å²) in [6.07, 6.45) is 2.29. The highest BCUT2D eigenvalue weighted by Crippen LogP contribution is 2.14. The standard InChI is InChI=1S/C15H22N2O2/c1-16(12-15(18)17-8-3-4-9-17)11-13-6-5-7-14(10-13)19-2/h5-7,10H,3-4,8-9,11-12H2,1-2H3. The molecule has 2 rings (SSSR count). The number of methoxy groups -OCH3 is 1. The summed E-state index contributed by atoms with van der Waals surface area (Å²) in [5.41, 5.74) is 1.16. The fourth-order valence-electron chi connectivity index (χ4n) is 2.44. The van der Waals surface area contributed by atoms with Crippen molar-refractivity contribution >= 4 is 5.91 Å². The third-order valence-corrected chi connectivity index (χ3v) is 3.45. The minimum Gasteiger partial charge on any atom is -0.497 e. The zero-order chi connectivity index (χ0) is 13.7. The van der Waals surface area contributed by atoms with Crippen LogP contribution in [-0.4, -0.2) is 49.5 Å². The van der Waals surface area contributed by atoms with E-state index in [1.165, 1.54) is 0 Å². The number of ether oxygens (including phenoxy) is 1. The lowest BCUT2D eigenvalue weighted by atomic mass is 10.2. The molecule has 0 saturated carbocycles. The Morgan fingerprint density at radius 1 is 1.37 bits per heavy atom. The Bertz CT molecular complexity index is 428. The second-order valence-corrected chi connectivity index (χ2v) is 5.11. The Kier molecular flexibility index (Phi) is 4.80. The van der Waals surface area contributed by atoms with Gasteiger partial charge in [0.05, 0.1) is 13.7 Å². The van der Waals surface area contributed by atoms with Crippen molar-refractivity contribution in [1.29, 1.82) is 0 Å². The minimum absolute atomic E-state index is 0.239. The number of carbonyl (C=O) groups is 1. The van der Waals surface area contributed by atoms with Gasteiger partial charge < -0.3 is 9.64 Å². The third kappa shape index (κ3) is 3.96. The molecule has 0 atom stereocenters. The maximum Gasteiger partial charge on any atom is 0.236 e. The van der Waals surface area contributed by atoms with Crippen molar-refractivity contribution in [1.82, 2.24) is 9.80 Å². The maximum absolute atomic E-state index is 12.0. The zero-order valence-electron chi connectivity index (χ0n) is 11.8. The SMILES string of the molecule is COc1cccc(CN(C)CC(=O)N2CCCC2)c1. The summed E-state index contributed by atoms with van der Waals surface area (Å²) in [4.78, 5) is 16.0. The highest BCUT2D eigenvalue weighted by molar-refractivity contribution is 5.78. The number of hydrogen-bond donors (Lipinski definition) is 0. The number of amides is 1. The molecule has 1 aliphatic heterocycles. The molecule has 0 N–H and O–H groups in total. The van der Waals surface area contributed by atoms with E-state index in [-0.39, 0.29) is 5.91 Å². The molecule has 0 radical (unpaired) electrons. The molecule has 0 unspecified atom stereocenters. The average Bonchev–Trinajstić information content (AvgIpc) is 2.92. The molecule has 1 fully saturated rings. The first kappa shape index (κ1) is 13.9. The average molecular weight is 262 g/mol. The van der Waals surface area contributed by atoms with Crippen LogP contribution in [-0.2, 0) is 11.3 Å². The number of nitrogens with zero attached hydrogens (tertiary/aromatic N) is 2. The van der Waals surface area contributed by atoms with Gasteiger partial charge in [0.25, 0.3) is 0 Å². The van der Waals surface area contributed by atoms with Gasteiger partial charge in [0.2, 0.25) is 5.91 Å². The van der Waals surface area contributed by atoms with Gasteiger partial charge in [0, 0.05) is 19.6 Å². The van der Waals surface area contributed by atoms with Crippen LogP contribution in [0.4, 0.5) is 0 Å². The van der Waals surface area contributed by atoms with Crippen LogP contribution in [0.2, 0.25) is 0 Å². The van der Waals surface area contributed by atoms with Gasteiger partial charge in [-0.05, 0) is 37.6 Å². The fraction of sp³-hybridized carbons (Fsp3) is 0.533. The van der Waals surface area contributed by atoms with Gasteiger partial charge in [-0.1, -0.05) is 12.1 Å². The van der Waals surface area contributed by atoms with Crippen molar-refractivity contribution < 1.29 is 9.53 Å². The Balaban J connectivity index is 1.85. The number of rotatable bonds is 5. The minimum atomic E-state index is 0.239. The van der Waals surface area contributed by atoms with E-state index in [1.807, 2.05) is 30.1 Å². The molecule has 4 heteroatoms. The molecular formula is C15H22N2O2. The van der Waals surface area contributed by atoms with Crippen LogP contribution in [0.1, 0.15) is 18.4 Å². The van der Waals surface area contributed by atoms with Crippen LogP contribution >= 0.6 is 0 Å². The van der Waals surface area contributed by atoms with Crippen molar-refractivity contribution in [2.24, 2.45) is 0 Å². The van der Waals surface area contributed by atoms with E-state index in [4.69, 9.17) is 4.74 Å². The predicted molar refractivity (Wildman–Crippen MR) is 75.1 cm³/mol. The highest BCUT2D eigenvalue weighted by atomic mass is 16.5. The van der Waals surface area contributed by atoms with Gasteiger partial charge in [0.1, 0.15) is 5.75 Å². The molecule has 104 valence electrons. The first-order chi connectivity index (χ1) is 9.19. The summed E-state index contributed by atoms with van der Waals surface area (Å²) in [7, 11) is 3.65. The van der Waals surface area contributed by atoms with E-state index in [1.54, 1.807) is 7.11 Å². The summed E-state index contributed by atoms with van der Waals surface area (Å²) < 4.78 is 5.21. The highest BCUT2D eigenvalue weighted by Gasteiger charge is 2.18. The Labute approximate surface area is 115 Å². The number of likely N-dealkylation sites (N-methyl/N-ethyl adjacent to an activating group) is 1. The molecule has 0 aromatic heterocycles. The van der Waals surface area contributed by atoms with Gasteiger partial charge in [-0.2, -0.15) is 0 Å². The van der Waals surface area contributed by atoms with Crippen LogP contribution in [0.15, 0.2) is 24.3 Å². The van der Waals surface area contributed by atoms with Gasteiger partial charge in [0.15, 0.2) is 0 Å². The molecule has 4 nitrogen and oxygen atoms in total. The van der Waals surface area contributed by atoms with Gasteiger partial charge >= 0.3 is 0 Å². The van der Waals surface area contributed by atoms with Crippen LogP contribution in [0.25, 0.3) is 0 Å². The molecule has 19 heavy (non-hydrogen) atoms. The van der Waals surface area contributed by atoms with E-state index in [0.29, 0.717) is 6.54 Å². The molecule has 0 bridgehead atoms.